The first kappa shape index (κ1) is 19.9. The third-order valence-corrected chi connectivity index (χ3v) is 7.96. The van der Waals surface area contributed by atoms with Crippen LogP contribution in [0.4, 0.5) is 20.6 Å². The minimum atomic E-state index is -1.60. The number of hydrogen-bond donors (Lipinski definition) is 3. The van der Waals surface area contributed by atoms with Crippen LogP contribution >= 0.6 is 0 Å². The van der Waals surface area contributed by atoms with E-state index < -0.39 is 35.4 Å². The van der Waals surface area contributed by atoms with E-state index in [2.05, 4.69) is 15.5 Å². The maximum atomic E-state index is 15.6. The van der Waals surface area contributed by atoms with Crippen LogP contribution < -0.4 is 26.2 Å². The number of carbonyl (C=O) groups excluding carboxylic acids is 3. The fourth-order valence-corrected chi connectivity index (χ4v) is 6.49. The van der Waals surface area contributed by atoms with Crippen molar-refractivity contribution in [1.82, 2.24) is 10.6 Å². The van der Waals surface area contributed by atoms with E-state index in [-0.39, 0.29) is 24.4 Å². The Balaban J connectivity index is 1.47. The predicted molar refractivity (Wildman–Crippen MR) is 113 cm³/mol. The van der Waals surface area contributed by atoms with E-state index in [0.29, 0.717) is 29.6 Å². The SMILES string of the molecule is C[C@@H]1CN2c3c(F)cc(N4C[C@@H]5[C@@H](N)[C@@H]5C4)cc3CC3(C(=O)NC(=O)NC3=O)[C@H]2[C@H](C)O1. The Morgan fingerprint density at radius 3 is 2.41 bits per heavy atom. The Kier molecular flexibility index (Phi) is 3.99. The van der Waals surface area contributed by atoms with Gasteiger partial charge in [0.25, 0.3) is 0 Å². The van der Waals surface area contributed by atoms with Gasteiger partial charge in [0.1, 0.15) is 5.82 Å². The van der Waals surface area contributed by atoms with Crippen molar-refractivity contribution in [2.75, 3.05) is 29.4 Å². The summed E-state index contributed by atoms with van der Waals surface area (Å²) in [5.74, 6) is -0.846. The summed E-state index contributed by atoms with van der Waals surface area (Å²) in [6, 6.07) is 2.07. The Labute approximate surface area is 184 Å². The number of nitrogens with two attached hydrogens (primary N) is 1. The molecule has 4 heterocycles. The molecule has 0 bridgehead atoms. The molecular weight excluding hydrogens is 417 g/mol. The lowest BCUT2D eigenvalue weighted by Crippen LogP contribution is -2.75. The molecule has 1 aromatic carbocycles. The topological polar surface area (TPSA) is 117 Å². The lowest BCUT2D eigenvalue weighted by atomic mass is 9.66. The number of carbonyl (C=O) groups is 3. The van der Waals surface area contributed by atoms with Gasteiger partial charge in [-0.05, 0) is 43.4 Å². The molecule has 0 radical (unpaired) electrons. The maximum absolute atomic E-state index is 15.6. The van der Waals surface area contributed by atoms with Gasteiger partial charge >= 0.3 is 6.03 Å². The Morgan fingerprint density at radius 1 is 1.09 bits per heavy atom. The normalized spacial score (nSPS) is 36.9. The molecule has 4 aliphatic heterocycles. The first-order chi connectivity index (χ1) is 15.2. The van der Waals surface area contributed by atoms with Crippen molar-refractivity contribution in [3.63, 3.8) is 0 Å². The maximum Gasteiger partial charge on any atom is 0.328 e. The zero-order valence-corrected chi connectivity index (χ0v) is 17.9. The van der Waals surface area contributed by atoms with Gasteiger partial charge < -0.3 is 20.3 Å². The highest BCUT2D eigenvalue weighted by atomic mass is 19.1. The summed E-state index contributed by atoms with van der Waals surface area (Å²) in [6.07, 6.45) is -0.753. The van der Waals surface area contributed by atoms with Crippen LogP contribution in [-0.4, -0.2) is 61.8 Å². The minimum Gasteiger partial charge on any atom is -0.372 e. The fourth-order valence-electron chi connectivity index (χ4n) is 6.49. The van der Waals surface area contributed by atoms with E-state index in [0.717, 1.165) is 18.8 Å². The molecule has 1 aromatic rings. The lowest BCUT2D eigenvalue weighted by Gasteiger charge is -2.55. The van der Waals surface area contributed by atoms with E-state index in [1.807, 2.05) is 13.0 Å². The largest absolute Gasteiger partial charge is 0.372 e. The van der Waals surface area contributed by atoms with Gasteiger partial charge in [-0.3, -0.25) is 20.2 Å². The van der Waals surface area contributed by atoms with Crippen LogP contribution in [-0.2, 0) is 20.7 Å². The summed E-state index contributed by atoms with van der Waals surface area (Å²) in [7, 11) is 0. The second kappa shape index (κ2) is 6.41. The summed E-state index contributed by atoms with van der Waals surface area (Å²) in [5, 5.41) is 4.51. The molecule has 1 spiro atoms. The predicted octanol–water partition coefficient (Wildman–Crippen LogP) is 0.110. The van der Waals surface area contributed by atoms with Gasteiger partial charge in [-0.25, -0.2) is 9.18 Å². The number of ether oxygens (including phenoxy) is 1. The van der Waals surface area contributed by atoms with Gasteiger partial charge in [0.2, 0.25) is 11.8 Å². The second-order valence-corrected chi connectivity index (χ2v) is 9.88. The van der Waals surface area contributed by atoms with Crippen LogP contribution in [0.2, 0.25) is 0 Å². The van der Waals surface area contributed by atoms with Crippen LogP contribution in [0.3, 0.4) is 0 Å². The van der Waals surface area contributed by atoms with Crippen molar-refractivity contribution >= 4 is 29.2 Å². The Bertz CT molecular complexity index is 1030. The van der Waals surface area contributed by atoms with Gasteiger partial charge in [0, 0.05) is 37.8 Å². The third-order valence-electron chi connectivity index (χ3n) is 7.96. The number of anilines is 2. The molecule has 4 fully saturated rings. The second-order valence-electron chi connectivity index (χ2n) is 9.88. The van der Waals surface area contributed by atoms with Crippen molar-refractivity contribution in [3.05, 3.63) is 23.5 Å². The van der Waals surface area contributed by atoms with Gasteiger partial charge in [0.05, 0.1) is 23.9 Å². The van der Waals surface area contributed by atoms with Crippen LogP contribution in [0.1, 0.15) is 19.4 Å². The minimum absolute atomic E-state index is 0.0124. The quantitative estimate of drug-likeness (QED) is 0.528. The van der Waals surface area contributed by atoms with Gasteiger partial charge in [-0.1, -0.05) is 0 Å². The van der Waals surface area contributed by atoms with E-state index in [9.17, 15) is 14.4 Å². The molecule has 0 unspecified atom stereocenters. The van der Waals surface area contributed by atoms with Gasteiger partial charge in [0.15, 0.2) is 5.41 Å². The molecule has 170 valence electrons. The van der Waals surface area contributed by atoms with Crippen molar-refractivity contribution < 1.29 is 23.5 Å². The number of imide groups is 2. The summed E-state index contributed by atoms with van der Waals surface area (Å²) in [4.78, 5) is 42.1. The Hall–Kier alpha value is -2.72. The molecule has 10 heteroatoms. The Morgan fingerprint density at radius 2 is 1.75 bits per heavy atom. The molecule has 1 saturated carbocycles. The molecule has 1 aliphatic carbocycles. The van der Waals surface area contributed by atoms with E-state index >= 15 is 4.39 Å². The number of rotatable bonds is 1. The molecule has 4 N–H and O–H groups in total. The van der Waals surface area contributed by atoms with E-state index in [1.54, 1.807) is 17.9 Å². The first-order valence-corrected chi connectivity index (χ1v) is 11.1. The third kappa shape index (κ3) is 2.53. The average Bonchev–Trinajstić information content (AvgIpc) is 3.10. The van der Waals surface area contributed by atoms with Crippen LogP contribution in [0, 0.1) is 23.1 Å². The highest BCUT2D eigenvalue weighted by Gasteiger charge is 2.63. The van der Waals surface area contributed by atoms with E-state index in [4.69, 9.17) is 10.5 Å². The van der Waals surface area contributed by atoms with Crippen LogP contribution in [0.15, 0.2) is 12.1 Å². The first-order valence-electron chi connectivity index (χ1n) is 11.1. The number of nitrogens with zero attached hydrogens (tertiary/aromatic N) is 2. The summed E-state index contributed by atoms with van der Waals surface area (Å²) in [5.41, 5.74) is 6.18. The molecule has 3 saturated heterocycles. The number of urea groups is 1. The number of benzene rings is 1. The standard InChI is InChI=1S/C22H26FN5O4/c1-9-6-28-17-11(3-12(4-15(17)23)27-7-13-14(8-27)16(13)24)5-22(18(28)10(2)32-9)19(29)25-21(31)26-20(22)30/h3-4,9-10,13-14,16,18H,5-8,24H2,1-2H3,(H2,25,26,29,30,31)/t9-,10+,13-,14+,16+,18-/m1/s1. The van der Waals surface area contributed by atoms with E-state index in [1.165, 1.54) is 0 Å². The molecule has 0 aromatic heterocycles. The zero-order valence-electron chi connectivity index (χ0n) is 17.9. The van der Waals surface area contributed by atoms with Crippen molar-refractivity contribution in [2.24, 2.45) is 23.0 Å². The van der Waals surface area contributed by atoms with Crippen molar-refractivity contribution in [3.8, 4) is 0 Å². The summed E-state index contributed by atoms with van der Waals surface area (Å²) in [6.45, 7) is 5.54. The highest BCUT2D eigenvalue weighted by Crippen LogP contribution is 2.50. The zero-order chi connectivity index (χ0) is 22.5. The number of nitrogens with one attached hydrogen (secondary N) is 2. The van der Waals surface area contributed by atoms with Crippen molar-refractivity contribution in [1.29, 1.82) is 0 Å². The molecule has 6 rings (SSSR count). The summed E-state index contributed by atoms with van der Waals surface area (Å²) >= 11 is 0. The highest BCUT2D eigenvalue weighted by molar-refractivity contribution is 6.20. The molecule has 6 atom stereocenters. The number of piperidine rings is 1. The fraction of sp³-hybridized carbons (Fsp3) is 0.591. The summed E-state index contributed by atoms with van der Waals surface area (Å²) < 4.78 is 21.6. The van der Waals surface area contributed by atoms with Crippen molar-refractivity contribution in [2.45, 2.75) is 44.6 Å². The molecule has 32 heavy (non-hydrogen) atoms. The number of halogens is 1. The number of barbiturate groups is 1. The average molecular weight is 443 g/mol. The number of amides is 4. The number of hydrogen-bond acceptors (Lipinski definition) is 7. The smallest absolute Gasteiger partial charge is 0.328 e. The van der Waals surface area contributed by atoms with Gasteiger partial charge in [-0.2, -0.15) is 0 Å². The van der Waals surface area contributed by atoms with Crippen LogP contribution in [0.25, 0.3) is 0 Å². The molecule has 9 nitrogen and oxygen atoms in total. The number of morpholine rings is 1. The monoisotopic (exact) mass is 443 g/mol. The van der Waals surface area contributed by atoms with Crippen LogP contribution in [0.5, 0.6) is 0 Å². The molecular formula is C22H26FN5O4. The molecule has 5 aliphatic rings. The molecule has 4 amide bonds. The van der Waals surface area contributed by atoms with Gasteiger partial charge in [-0.15, -0.1) is 0 Å². The number of fused-ring (bicyclic) bond motifs is 5. The lowest BCUT2D eigenvalue weighted by molar-refractivity contribution is -0.153.